The summed E-state index contributed by atoms with van der Waals surface area (Å²) in [5, 5.41) is 0. The lowest BCUT2D eigenvalue weighted by Gasteiger charge is -2.16. The maximum Gasteiger partial charge on any atom is 0.326 e. The van der Waals surface area contributed by atoms with Crippen molar-refractivity contribution in [1.29, 1.82) is 0 Å². The Labute approximate surface area is 96.6 Å². The Morgan fingerprint density at radius 3 is 2.59 bits per heavy atom. The third-order valence-corrected chi connectivity index (χ3v) is 2.91. The Kier molecular flexibility index (Phi) is 2.84. The first kappa shape index (κ1) is 11.6. The molecule has 1 fully saturated rings. The SMILES string of the molecule is Cc1[nH]c(=O)[nH]c(=O)c1N1CC(CN)CC1=O. The van der Waals surface area contributed by atoms with E-state index in [0.717, 1.165) is 0 Å². The average molecular weight is 238 g/mol. The summed E-state index contributed by atoms with van der Waals surface area (Å²) in [7, 11) is 0. The number of rotatable bonds is 2. The summed E-state index contributed by atoms with van der Waals surface area (Å²) < 4.78 is 0. The highest BCUT2D eigenvalue weighted by molar-refractivity contribution is 5.96. The van der Waals surface area contributed by atoms with Gasteiger partial charge in [0.1, 0.15) is 5.69 Å². The number of aromatic nitrogens is 2. The Morgan fingerprint density at radius 2 is 2.06 bits per heavy atom. The highest BCUT2D eigenvalue weighted by Crippen LogP contribution is 2.22. The number of carbonyl (C=O) groups is 1. The zero-order valence-electron chi connectivity index (χ0n) is 9.45. The zero-order valence-corrected chi connectivity index (χ0v) is 9.45. The molecule has 0 saturated carbocycles. The van der Waals surface area contributed by atoms with Gasteiger partial charge < -0.3 is 15.6 Å². The lowest BCUT2D eigenvalue weighted by Crippen LogP contribution is -2.35. The molecule has 0 aromatic carbocycles. The molecule has 4 N–H and O–H groups in total. The Bertz CT molecular complexity index is 559. The van der Waals surface area contributed by atoms with Crippen LogP contribution in [0.1, 0.15) is 12.1 Å². The summed E-state index contributed by atoms with van der Waals surface area (Å²) in [6.07, 6.45) is 0.342. The van der Waals surface area contributed by atoms with Crippen molar-refractivity contribution >= 4 is 11.6 Å². The standard InChI is InChI=1S/C10H14N4O3/c1-5-8(9(16)13-10(17)12-5)14-4-6(3-11)2-7(14)15/h6H,2-4,11H2,1H3,(H2,12,13,16,17). The van der Waals surface area contributed by atoms with Gasteiger partial charge in [-0.2, -0.15) is 0 Å². The number of amides is 1. The monoisotopic (exact) mass is 238 g/mol. The number of aromatic amines is 2. The Balaban J connectivity index is 2.45. The van der Waals surface area contributed by atoms with Crippen LogP contribution in [-0.4, -0.2) is 29.0 Å². The minimum absolute atomic E-state index is 0.0632. The fraction of sp³-hybridized carbons (Fsp3) is 0.500. The minimum Gasteiger partial charge on any atom is -0.330 e. The second kappa shape index (κ2) is 4.17. The largest absolute Gasteiger partial charge is 0.330 e. The van der Waals surface area contributed by atoms with E-state index in [1.807, 2.05) is 0 Å². The molecule has 17 heavy (non-hydrogen) atoms. The first-order chi connectivity index (χ1) is 8.02. The molecule has 1 aromatic heterocycles. The molecular weight excluding hydrogens is 224 g/mol. The van der Waals surface area contributed by atoms with Gasteiger partial charge in [0.2, 0.25) is 5.91 Å². The van der Waals surface area contributed by atoms with Gasteiger partial charge in [0.05, 0.1) is 0 Å². The Hall–Kier alpha value is -1.89. The van der Waals surface area contributed by atoms with E-state index in [2.05, 4.69) is 9.97 Å². The maximum atomic E-state index is 11.8. The fourth-order valence-electron chi connectivity index (χ4n) is 2.07. The first-order valence-corrected chi connectivity index (χ1v) is 5.36. The van der Waals surface area contributed by atoms with E-state index in [0.29, 0.717) is 25.2 Å². The molecule has 7 nitrogen and oxygen atoms in total. The zero-order chi connectivity index (χ0) is 12.6. The van der Waals surface area contributed by atoms with Gasteiger partial charge in [-0.25, -0.2) is 4.79 Å². The average Bonchev–Trinajstić information content (AvgIpc) is 2.59. The predicted octanol–water partition coefficient (Wildman–Crippen LogP) is -1.32. The van der Waals surface area contributed by atoms with Crippen molar-refractivity contribution in [3.05, 3.63) is 26.5 Å². The van der Waals surface area contributed by atoms with Crippen LogP contribution >= 0.6 is 0 Å². The molecule has 92 valence electrons. The fourth-order valence-corrected chi connectivity index (χ4v) is 2.07. The highest BCUT2D eigenvalue weighted by atomic mass is 16.2. The van der Waals surface area contributed by atoms with E-state index in [4.69, 9.17) is 5.73 Å². The molecule has 1 unspecified atom stereocenters. The van der Waals surface area contributed by atoms with Gasteiger partial charge in [0.15, 0.2) is 0 Å². The number of anilines is 1. The van der Waals surface area contributed by atoms with Gasteiger partial charge in [-0.1, -0.05) is 0 Å². The summed E-state index contributed by atoms with van der Waals surface area (Å²) in [5.74, 6) is -0.0747. The summed E-state index contributed by atoms with van der Waals surface area (Å²) in [4.78, 5) is 40.5. The van der Waals surface area contributed by atoms with E-state index >= 15 is 0 Å². The van der Waals surface area contributed by atoms with Crippen LogP contribution in [0, 0.1) is 12.8 Å². The molecule has 1 saturated heterocycles. The van der Waals surface area contributed by atoms with Crippen molar-refractivity contribution in [3.63, 3.8) is 0 Å². The minimum atomic E-state index is -0.571. The third-order valence-electron chi connectivity index (χ3n) is 2.91. The summed E-state index contributed by atoms with van der Waals surface area (Å²) >= 11 is 0. The van der Waals surface area contributed by atoms with Crippen molar-refractivity contribution in [2.75, 3.05) is 18.0 Å². The molecule has 7 heteroatoms. The van der Waals surface area contributed by atoms with Crippen molar-refractivity contribution in [2.24, 2.45) is 11.7 Å². The molecule has 0 radical (unpaired) electrons. The summed E-state index contributed by atoms with van der Waals surface area (Å²) in [6.45, 7) is 2.42. The first-order valence-electron chi connectivity index (χ1n) is 5.36. The number of nitrogens with two attached hydrogens (primary N) is 1. The van der Waals surface area contributed by atoms with Crippen LogP contribution in [-0.2, 0) is 4.79 Å². The molecule has 0 spiro atoms. The second-order valence-electron chi connectivity index (χ2n) is 4.19. The molecule has 1 aliphatic rings. The molecule has 2 heterocycles. The number of aryl methyl sites for hydroxylation is 1. The molecule has 1 aromatic rings. The van der Waals surface area contributed by atoms with Crippen LogP contribution in [0.15, 0.2) is 9.59 Å². The van der Waals surface area contributed by atoms with Crippen LogP contribution < -0.4 is 21.9 Å². The molecule has 1 aliphatic heterocycles. The summed E-state index contributed by atoms with van der Waals surface area (Å²) in [6, 6.07) is 0. The number of H-pyrrole nitrogens is 2. The molecule has 1 amide bonds. The highest BCUT2D eigenvalue weighted by Gasteiger charge is 2.32. The number of hydrogen-bond acceptors (Lipinski definition) is 4. The lowest BCUT2D eigenvalue weighted by atomic mass is 10.1. The third kappa shape index (κ3) is 2.01. The van der Waals surface area contributed by atoms with Crippen LogP contribution in [0.5, 0.6) is 0 Å². The molecule has 0 aliphatic carbocycles. The van der Waals surface area contributed by atoms with E-state index < -0.39 is 11.2 Å². The molecule has 0 bridgehead atoms. The van der Waals surface area contributed by atoms with Crippen LogP contribution in [0.25, 0.3) is 0 Å². The van der Waals surface area contributed by atoms with Crippen LogP contribution in [0.3, 0.4) is 0 Å². The number of nitrogens with zero attached hydrogens (tertiary/aromatic N) is 1. The summed E-state index contributed by atoms with van der Waals surface area (Å²) in [5.41, 5.74) is 5.01. The van der Waals surface area contributed by atoms with Crippen molar-refractivity contribution < 1.29 is 4.79 Å². The van der Waals surface area contributed by atoms with E-state index in [9.17, 15) is 14.4 Å². The van der Waals surface area contributed by atoms with Gasteiger partial charge in [-0.3, -0.25) is 14.6 Å². The van der Waals surface area contributed by atoms with Gasteiger partial charge in [-0.15, -0.1) is 0 Å². The quantitative estimate of drug-likeness (QED) is 0.593. The predicted molar refractivity (Wildman–Crippen MR) is 61.9 cm³/mol. The maximum absolute atomic E-state index is 11.8. The van der Waals surface area contributed by atoms with E-state index in [1.54, 1.807) is 6.92 Å². The van der Waals surface area contributed by atoms with Crippen molar-refractivity contribution in [2.45, 2.75) is 13.3 Å². The lowest BCUT2D eigenvalue weighted by molar-refractivity contribution is -0.117. The van der Waals surface area contributed by atoms with Gasteiger partial charge in [-0.05, 0) is 19.4 Å². The van der Waals surface area contributed by atoms with Gasteiger partial charge in [0, 0.05) is 18.7 Å². The van der Waals surface area contributed by atoms with E-state index in [-0.39, 0.29) is 17.5 Å². The Morgan fingerprint density at radius 1 is 1.35 bits per heavy atom. The van der Waals surface area contributed by atoms with Crippen LogP contribution in [0.2, 0.25) is 0 Å². The van der Waals surface area contributed by atoms with Crippen LogP contribution in [0.4, 0.5) is 5.69 Å². The topological polar surface area (TPSA) is 112 Å². The second-order valence-corrected chi connectivity index (χ2v) is 4.19. The van der Waals surface area contributed by atoms with E-state index in [1.165, 1.54) is 4.90 Å². The number of hydrogen-bond donors (Lipinski definition) is 3. The normalized spacial score (nSPS) is 20.0. The number of nitrogens with one attached hydrogen (secondary N) is 2. The molecular formula is C10H14N4O3. The van der Waals surface area contributed by atoms with Crippen molar-refractivity contribution in [3.8, 4) is 0 Å². The molecule has 1 atom stereocenters. The van der Waals surface area contributed by atoms with Gasteiger partial charge in [0.25, 0.3) is 5.56 Å². The number of carbonyl (C=O) groups excluding carboxylic acids is 1. The molecule has 2 rings (SSSR count). The van der Waals surface area contributed by atoms with Crippen molar-refractivity contribution in [1.82, 2.24) is 9.97 Å². The van der Waals surface area contributed by atoms with Gasteiger partial charge >= 0.3 is 5.69 Å². The smallest absolute Gasteiger partial charge is 0.326 e.